The lowest BCUT2D eigenvalue weighted by molar-refractivity contribution is 0.0691. The van der Waals surface area contributed by atoms with Crippen molar-refractivity contribution in [1.82, 2.24) is 14.9 Å². The van der Waals surface area contributed by atoms with Crippen LogP contribution in [0.2, 0.25) is 0 Å². The van der Waals surface area contributed by atoms with Gasteiger partial charge in [-0.2, -0.15) is 0 Å². The second-order valence-electron chi connectivity index (χ2n) is 3.97. The van der Waals surface area contributed by atoms with Crippen molar-refractivity contribution in [3.63, 3.8) is 0 Å². The van der Waals surface area contributed by atoms with E-state index in [1.165, 1.54) is 0 Å². The van der Waals surface area contributed by atoms with Crippen LogP contribution in [0.4, 0.5) is 0 Å². The Balaban J connectivity index is 2.51. The first-order chi connectivity index (χ1) is 7.58. The highest BCUT2D eigenvalue weighted by Gasteiger charge is 2.09. The summed E-state index contributed by atoms with van der Waals surface area (Å²) in [4.78, 5) is 19.8. The molecule has 2 N–H and O–H groups in total. The molecule has 2 aromatic heterocycles. The van der Waals surface area contributed by atoms with Crippen molar-refractivity contribution in [3.05, 3.63) is 29.7 Å². The van der Waals surface area contributed by atoms with Crippen LogP contribution in [-0.4, -0.2) is 40.0 Å². The topological polar surface area (TPSA) is 69.2 Å². The van der Waals surface area contributed by atoms with Gasteiger partial charge in [0.25, 0.3) is 0 Å². The third-order valence-electron chi connectivity index (χ3n) is 2.36. The molecule has 2 heterocycles. The van der Waals surface area contributed by atoms with Crippen molar-refractivity contribution in [2.75, 3.05) is 14.1 Å². The number of carbonyl (C=O) groups is 1. The highest BCUT2D eigenvalue weighted by Crippen LogP contribution is 2.19. The molecule has 0 radical (unpaired) electrons. The third-order valence-corrected chi connectivity index (χ3v) is 2.36. The van der Waals surface area contributed by atoms with Crippen molar-refractivity contribution < 1.29 is 9.90 Å². The van der Waals surface area contributed by atoms with Crippen LogP contribution in [0.5, 0.6) is 0 Å². The number of nitrogens with one attached hydrogen (secondary N) is 1. The maximum absolute atomic E-state index is 10.8. The lowest BCUT2D eigenvalue weighted by Gasteiger charge is -2.07. The highest BCUT2D eigenvalue weighted by molar-refractivity contribution is 5.92. The van der Waals surface area contributed by atoms with Gasteiger partial charge in [0, 0.05) is 18.1 Å². The Labute approximate surface area is 92.7 Å². The zero-order valence-corrected chi connectivity index (χ0v) is 9.19. The van der Waals surface area contributed by atoms with Gasteiger partial charge in [-0.25, -0.2) is 9.78 Å². The third kappa shape index (κ3) is 1.90. The minimum atomic E-state index is -1.00. The molecule has 0 saturated heterocycles. The average Bonchev–Trinajstić information content (AvgIpc) is 2.60. The predicted molar refractivity (Wildman–Crippen MR) is 60.4 cm³/mol. The summed E-state index contributed by atoms with van der Waals surface area (Å²) >= 11 is 0. The first-order valence-electron chi connectivity index (χ1n) is 4.92. The van der Waals surface area contributed by atoms with E-state index < -0.39 is 5.97 Å². The number of carboxylic acid groups (broad SMARTS) is 1. The van der Waals surface area contributed by atoms with Crippen molar-refractivity contribution in [1.29, 1.82) is 0 Å². The molecule has 5 heteroatoms. The quantitative estimate of drug-likeness (QED) is 0.817. The van der Waals surface area contributed by atoms with Gasteiger partial charge in [-0.05, 0) is 25.7 Å². The van der Waals surface area contributed by atoms with Crippen molar-refractivity contribution >= 4 is 16.9 Å². The van der Waals surface area contributed by atoms with Gasteiger partial charge < -0.3 is 15.0 Å². The molecule has 2 aromatic rings. The Hall–Kier alpha value is -1.88. The number of aromatic carboxylic acids is 1. The summed E-state index contributed by atoms with van der Waals surface area (Å²) in [7, 11) is 3.94. The van der Waals surface area contributed by atoms with Crippen LogP contribution < -0.4 is 0 Å². The Morgan fingerprint density at radius 3 is 2.94 bits per heavy atom. The van der Waals surface area contributed by atoms with Gasteiger partial charge in [0.15, 0.2) is 0 Å². The first kappa shape index (κ1) is 10.6. The van der Waals surface area contributed by atoms with Crippen LogP contribution in [0.25, 0.3) is 10.9 Å². The van der Waals surface area contributed by atoms with Gasteiger partial charge in [-0.3, -0.25) is 0 Å². The maximum atomic E-state index is 10.8. The van der Waals surface area contributed by atoms with Crippen LogP contribution in [0.15, 0.2) is 18.5 Å². The van der Waals surface area contributed by atoms with Gasteiger partial charge >= 0.3 is 5.97 Å². The van der Waals surface area contributed by atoms with E-state index in [1.54, 1.807) is 12.3 Å². The molecule has 0 spiro atoms. The standard InChI is InChI=1S/C11H13N3O2/c1-14(2)6-7-4-12-10-5-13-9(11(15)16)3-8(7)10/h3-5,12H,6H2,1-2H3,(H,15,16). The molecule has 0 aliphatic heterocycles. The van der Waals surface area contributed by atoms with Gasteiger partial charge in [0.1, 0.15) is 5.69 Å². The molecule has 0 aliphatic carbocycles. The molecule has 5 nitrogen and oxygen atoms in total. The number of aromatic nitrogens is 2. The zero-order chi connectivity index (χ0) is 11.7. The van der Waals surface area contributed by atoms with E-state index in [0.717, 1.165) is 23.0 Å². The van der Waals surface area contributed by atoms with Crippen molar-refractivity contribution in [2.45, 2.75) is 6.54 Å². The molecule has 2 rings (SSSR count). The van der Waals surface area contributed by atoms with E-state index in [0.29, 0.717) is 0 Å². The summed E-state index contributed by atoms with van der Waals surface area (Å²) in [6.45, 7) is 0.767. The Bertz CT molecular complexity index is 531. The summed E-state index contributed by atoms with van der Waals surface area (Å²) in [5.74, 6) is -1.00. The molecule has 0 aliphatic rings. The summed E-state index contributed by atoms with van der Waals surface area (Å²) in [6.07, 6.45) is 3.44. The number of H-pyrrole nitrogens is 1. The summed E-state index contributed by atoms with van der Waals surface area (Å²) in [5, 5.41) is 9.79. The Kier molecular flexibility index (Phi) is 2.62. The fourth-order valence-corrected chi connectivity index (χ4v) is 1.67. The van der Waals surface area contributed by atoms with Crippen LogP contribution in [0.1, 0.15) is 16.1 Å². The lowest BCUT2D eigenvalue weighted by Crippen LogP contribution is -2.10. The SMILES string of the molecule is CN(C)Cc1c[nH]c2cnc(C(=O)O)cc12. The minimum Gasteiger partial charge on any atom is -0.477 e. The maximum Gasteiger partial charge on any atom is 0.354 e. The van der Waals surface area contributed by atoms with Crippen LogP contribution >= 0.6 is 0 Å². The first-order valence-corrected chi connectivity index (χ1v) is 4.92. The summed E-state index contributed by atoms with van der Waals surface area (Å²) < 4.78 is 0. The fourth-order valence-electron chi connectivity index (χ4n) is 1.67. The van der Waals surface area contributed by atoms with E-state index in [2.05, 4.69) is 9.97 Å². The van der Waals surface area contributed by atoms with Gasteiger partial charge in [-0.15, -0.1) is 0 Å². The molecule has 0 bridgehead atoms. The normalized spacial score (nSPS) is 11.2. The molecule has 0 amide bonds. The molecule has 0 unspecified atom stereocenters. The number of hydrogen-bond acceptors (Lipinski definition) is 3. The Morgan fingerprint density at radius 2 is 2.31 bits per heavy atom. The highest BCUT2D eigenvalue weighted by atomic mass is 16.4. The smallest absolute Gasteiger partial charge is 0.354 e. The van der Waals surface area contributed by atoms with E-state index in [9.17, 15) is 4.79 Å². The monoisotopic (exact) mass is 219 g/mol. The van der Waals surface area contributed by atoms with Crippen molar-refractivity contribution in [2.24, 2.45) is 0 Å². The second-order valence-corrected chi connectivity index (χ2v) is 3.97. The molecule has 0 atom stereocenters. The van der Waals surface area contributed by atoms with E-state index in [-0.39, 0.29) is 5.69 Å². The molecule has 0 aromatic carbocycles. The largest absolute Gasteiger partial charge is 0.477 e. The second kappa shape index (κ2) is 3.94. The number of hydrogen-bond donors (Lipinski definition) is 2. The van der Waals surface area contributed by atoms with Gasteiger partial charge in [0.05, 0.1) is 11.7 Å². The number of aromatic amines is 1. The van der Waals surface area contributed by atoms with Crippen LogP contribution in [-0.2, 0) is 6.54 Å². The number of fused-ring (bicyclic) bond motifs is 1. The Morgan fingerprint density at radius 1 is 1.56 bits per heavy atom. The van der Waals surface area contributed by atoms with Gasteiger partial charge in [0.2, 0.25) is 0 Å². The van der Waals surface area contributed by atoms with Crippen LogP contribution in [0.3, 0.4) is 0 Å². The molecule has 16 heavy (non-hydrogen) atoms. The molecular weight excluding hydrogens is 206 g/mol. The summed E-state index contributed by atoms with van der Waals surface area (Å²) in [5.41, 5.74) is 2.01. The van der Waals surface area contributed by atoms with Crippen LogP contribution in [0, 0.1) is 0 Å². The summed E-state index contributed by atoms with van der Waals surface area (Å²) in [6, 6.07) is 1.60. The minimum absolute atomic E-state index is 0.0760. The zero-order valence-electron chi connectivity index (χ0n) is 9.19. The van der Waals surface area contributed by atoms with E-state index in [4.69, 9.17) is 5.11 Å². The van der Waals surface area contributed by atoms with E-state index >= 15 is 0 Å². The number of nitrogens with zero attached hydrogens (tertiary/aromatic N) is 2. The molecular formula is C11H13N3O2. The predicted octanol–water partition coefficient (Wildman–Crippen LogP) is 1.32. The lowest BCUT2D eigenvalue weighted by atomic mass is 10.2. The molecule has 0 saturated carbocycles. The fraction of sp³-hybridized carbons (Fsp3) is 0.273. The molecule has 0 fully saturated rings. The van der Waals surface area contributed by atoms with Gasteiger partial charge in [-0.1, -0.05) is 0 Å². The number of rotatable bonds is 3. The van der Waals surface area contributed by atoms with E-state index in [1.807, 2.05) is 25.2 Å². The molecule has 84 valence electrons. The van der Waals surface area contributed by atoms with Crippen molar-refractivity contribution in [3.8, 4) is 0 Å². The average molecular weight is 219 g/mol. The number of pyridine rings is 1. The number of carboxylic acids is 1.